The Morgan fingerprint density at radius 3 is 2.29 bits per heavy atom. The summed E-state index contributed by atoms with van der Waals surface area (Å²) in [6, 6.07) is 0. The average molecular weight is 242 g/mol. The van der Waals surface area contributed by atoms with E-state index in [1.54, 1.807) is 0 Å². The Morgan fingerprint density at radius 2 is 1.88 bits per heavy atom. The number of carbonyl (C=O) groups is 1. The molecule has 102 valence electrons. The molecule has 2 N–H and O–H groups in total. The van der Waals surface area contributed by atoms with Gasteiger partial charge in [0.05, 0.1) is 5.92 Å². The highest BCUT2D eigenvalue weighted by molar-refractivity contribution is 5.78. The second-order valence-electron chi connectivity index (χ2n) is 6.14. The van der Waals surface area contributed by atoms with Crippen LogP contribution in [0.25, 0.3) is 0 Å². The normalized spacial score (nSPS) is 13.8. The topological polar surface area (TPSA) is 41.1 Å². The quantitative estimate of drug-likeness (QED) is 0.686. The Balaban J connectivity index is 4.12. The lowest BCUT2D eigenvalue weighted by Gasteiger charge is -2.28. The van der Waals surface area contributed by atoms with Crippen LogP contribution < -0.4 is 10.6 Å². The SMILES string of the molecule is CCC(CNC)C(=O)NCC(C)(C)CC(C)C. The van der Waals surface area contributed by atoms with Gasteiger partial charge >= 0.3 is 0 Å². The second kappa shape index (κ2) is 7.70. The van der Waals surface area contributed by atoms with Crippen molar-refractivity contribution in [3.63, 3.8) is 0 Å². The van der Waals surface area contributed by atoms with Crippen molar-refractivity contribution in [3.05, 3.63) is 0 Å². The summed E-state index contributed by atoms with van der Waals surface area (Å²) in [7, 11) is 1.89. The van der Waals surface area contributed by atoms with E-state index in [1.807, 2.05) is 7.05 Å². The first kappa shape index (κ1) is 16.4. The number of carbonyl (C=O) groups excluding carboxylic acids is 1. The lowest BCUT2D eigenvalue weighted by molar-refractivity contribution is -0.125. The number of hydrogen-bond acceptors (Lipinski definition) is 2. The van der Waals surface area contributed by atoms with E-state index in [-0.39, 0.29) is 17.2 Å². The summed E-state index contributed by atoms with van der Waals surface area (Å²) in [6.45, 7) is 12.5. The van der Waals surface area contributed by atoms with Gasteiger partial charge in [-0.15, -0.1) is 0 Å². The van der Waals surface area contributed by atoms with Crippen LogP contribution in [0, 0.1) is 17.3 Å². The number of hydrogen-bond donors (Lipinski definition) is 2. The van der Waals surface area contributed by atoms with E-state index in [0.717, 1.165) is 25.9 Å². The predicted octanol–water partition coefficient (Wildman–Crippen LogP) is 2.42. The first-order valence-corrected chi connectivity index (χ1v) is 6.74. The fraction of sp³-hybridized carbons (Fsp3) is 0.929. The fourth-order valence-electron chi connectivity index (χ4n) is 2.32. The van der Waals surface area contributed by atoms with Gasteiger partial charge in [-0.1, -0.05) is 34.6 Å². The van der Waals surface area contributed by atoms with Crippen LogP contribution in [0.5, 0.6) is 0 Å². The molecular formula is C14H30N2O. The highest BCUT2D eigenvalue weighted by Crippen LogP contribution is 2.24. The van der Waals surface area contributed by atoms with E-state index in [4.69, 9.17) is 0 Å². The molecule has 0 aliphatic heterocycles. The van der Waals surface area contributed by atoms with E-state index < -0.39 is 0 Å². The number of nitrogens with one attached hydrogen (secondary N) is 2. The molecule has 1 atom stereocenters. The third kappa shape index (κ3) is 7.37. The molecule has 0 bridgehead atoms. The third-order valence-electron chi connectivity index (χ3n) is 3.02. The minimum Gasteiger partial charge on any atom is -0.355 e. The minimum absolute atomic E-state index is 0.0925. The maximum absolute atomic E-state index is 11.9. The molecule has 0 aromatic heterocycles. The number of rotatable bonds is 8. The fourth-order valence-corrected chi connectivity index (χ4v) is 2.32. The van der Waals surface area contributed by atoms with Gasteiger partial charge in [-0.25, -0.2) is 0 Å². The smallest absolute Gasteiger partial charge is 0.224 e. The second-order valence-corrected chi connectivity index (χ2v) is 6.14. The van der Waals surface area contributed by atoms with E-state index in [2.05, 4.69) is 45.3 Å². The molecule has 0 aromatic rings. The Bertz CT molecular complexity index is 224. The molecule has 0 aliphatic rings. The molecule has 3 nitrogen and oxygen atoms in total. The summed E-state index contributed by atoms with van der Waals surface area (Å²) in [5, 5.41) is 6.15. The number of amides is 1. The lowest BCUT2D eigenvalue weighted by atomic mass is 9.84. The Kier molecular flexibility index (Phi) is 7.44. The van der Waals surface area contributed by atoms with Gasteiger partial charge < -0.3 is 10.6 Å². The molecule has 0 saturated carbocycles. The summed E-state index contributed by atoms with van der Waals surface area (Å²) in [5.74, 6) is 0.940. The van der Waals surface area contributed by atoms with Gasteiger partial charge in [-0.2, -0.15) is 0 Å². The van der Waals surface area contributed by atoms with Crippen molar-refractivity contribution in [3.8, 4) is 0 Å². The summed E-state index contributed by atoms with van der Waals surface area (Å²) in [6.07, 6.45) is 2.02. The minimum atomic E-state index is 0.0925. The van der Waals surface area contributed by atoms with Crippen molar-refractivity contribution in [2.45, 2.75) is 47.5 Å². The summed E-state index contributed by atoms with van der Waals surface area (Å²) >= 11 is 0. The van der Waals surface area contributed by atoms with E-state index in [9.17, 15) is 4.79 Å². The Hall–Kier alpha value is -0.570. The lowest BCUT2D eigenvalue weighted by Crippen LogP contribution is -2.40. The van der Waals surface area contributed by atoms with Crippen molar-refractivity contribution < 1.29 is 4.79 Å². The molecule has 1 unspecified atom stereocenters. The molecule has 0 aliphatic carbocycles. The van der Waals surface area contributed by atoms with Gasteiger partial charge in [0.25, 0.3) is 0 Å². The van der Waals surface area contributed by atoms with Crippen LogP contribution in [0.15, 0.2) is 0 Å². The van der Waals surface area contributed by atoms with Crippen molar-refractivity contribution in [1.82, 2.24) is 10.6 Å². The highest BCUT2D eigenvalue weighted by Gasteiger charge is 2.22. The largest absolute Gasteiger partial charge is 0.355 e. The summed E-state index contributed by atoms with van der Waals surface area (Å²) in [4.78, 5) is 11.9. The van der Waals surface area contributed by atoms with Gasteiger partial charge in [0.15, 0.2) is 0 Å². The van der Waals surface area contributed by atoms with Gasteiger partial charge in [-0.3, -0.25) is 4.79 Å². The molecule has 0 aromatic carbocycles. The molecule has 1 amide bonds. The van der Waals surface area contributed by atoms with Crippen LogP contribution in [0.4, 0.5) is 0 Å². The van der Waals surface area contributed by atoms with Gasteiger partial charge in [0, 0.05) is 13.1 Å². The van der Waals surface area contributed by atoms with Crippen LogP contribution in [-0.4, -0.2) is 26.0 Å². The molecule has 0 saturated heterocycles. The van der Waals surface area contributed by atoms with Crippen LogP contribution in [0.3, 0.4) is 0 Å². The maximum atomic E-state index is 11.9. The summed E-state index contributed by atoms with van der Waals surface area (Å²) < 4.78 is 0. The first-order chi connectivity index (χ1) is 7.82. The average Bonchev–Trinajstić information content (AvgIpc) is 2.21. The van der Waals surface area contributed by atoms with Crippen LogP contribution in [0.2, 0.25) is 0 Å². The van der Waals surface area contributed by atoms with Gasteiger partial charge in [-0.05, 0) is 31.2 Å². The van der Waals surface area contributed by atoms with Crippen LogP contribution >= 0.6 is 0 Å². The maximum Gasteiger partial charge on any atom is 0.224 e. The molecule has 0 radical (unpaired) electrons. The van der Waals surface area contributed by atoms with Gasteiger partial charge in [0.2, 0.25) is 5.91 Å². The monoisotopic (exact) mass is 242 g/mol. The van der Waals surface area contributed by atoms with Crippen molar-refractivity contribution in [1.29, 1.82) is 0 Å². The van der Waals surface area contributed by atoms with E-state index >= 15 is 0 Å². The molecule has 0 heterocycles. The Labute approximate surface area is 107 Å². The van der Waals surface area contributed by atoms with Crippen molar-refractivity contribution in [2.75, 3.05) is 20.1 Å². The zero-order valence-corrected chi connectivity index (χ0v) is 12.4. The molecule has 17 heavy (non-hydrogen) atoms. The first-order valence-electron chi connectivity index (χ1n) is 6.74. The standard InChI is InChI=1S/C14H30N2O/c1-7-12(9-15-6)13(17)16-10-14(4,5)8-11(2)3/h11-12,15H,7-10H2,1-6H3,(H,16,17). The van der Waals surface area contributed by atoms with Crippen molar-refractivity contribution in [2.24, 2.45) is 17.3 Å². The zero-order valence-electron chi connectivity index (χ0n) is 12.4. The molecule has 0 spiro atoms. The van der Waals surface area contributed by atoms with E-state index in [0.29, 0.717) is 5.92 Å². The molecule has 0 fully saturated rings. The molecular weight excluding hydrogens is 212 g/mol. The summed E-state index contributed by atoms with van der Waals surface area (Å²) in [5.41, 5.74) is 0.182. The van der Waals surface area contributed by atoms with Crippen LogP contribution in [-0.2, 0) is 4.79 Å². The highest BCUT2D eigenvalue weighted by atomic mass is 16.1. The predicted molar refractivity (Wildman–Crippen MR) is 74.0 cm³/mol. The Morgan fingerprint density at radius 1 is 1.29 bits per heavy atom. The van der Waals surface area contributed by atoms with Crippen LogP contribution in [0.1, 0.15) is 47.5 Å². The van der Waals surface area contributed by atoms with Gasteiger partial charge in [0.1, 0.15) is 0 Å². The third-order valence-corrected chi connectivity index (χ3v) is 3.02. The van der Waals surface area contributed by atoms with E-state index in [1.165, 1.54) is 0 Å². The zero-order chi connectivity index (χ0) is 13.5. The van der Waals surface area contributed by atoms with Crippen molar-refractivity contribution >= 4 is 5.91 Å². The molecule has 3 heteroatoms. The molecule has 0 rings (SSSR count).